The highest BCUT2D eigenvalue weighted by atomic mass is 16.5. The van der Waals surface area contributed by atoms with E-state index in [0.29, 0.717) is 0 Å². The van der Waals surface area contributed by atoms with Crippen molar-refractivity contribution in [3.8, 4) is 0 Å². The normalized spacial score (nSPS) is 9.29. The molecule has 0 radical (unpaired) electrons. The van der Waals surface area contributed by atoms with Crippen molar-refractivity contribution in [2.45, 2.75) is 6.42 Å². The van der Waals surface area contributed by atoms with Crippen molar-refractivity contribution in [1.29, 1.82) is 0 Å². The molecule has 0 N–H and O–H groups in total. The summed E-state index contributed by atoms with van der Waals surface area (Å²) in [4.78, 5) is 0. The second kappa shape index (κ2) is 5.28. The maximum atomic E-state index is 4.62. The van der Waals surface area contributed by atoms with E-state index >= 15 is 0 Å². The molecule has 0 bridgehead atoms. The molecule has 0 unspecified atom stereocenters. The van der Waals surface area contributed by atoms with Crippen LogP contribution in [-0.2, 0) is 4.74 Å². The standard InChI is InChI=1S/C6H10O/c1-3-4-5-6-7-2/h3,5-6H,1,4H2,2H3. The summed E-state index contributed by atoms with van der Waals surface area (Å²) < 4.78 is 4.62. The molecule has 1 heteroatoms. The van der Waals surface area contributed by atoms with Gasteiger partial charge in [0.15, 0.2) is 0 Å². The molecule has 0 rings (SSSR count). The molecule has 7 heavy (non-hydrogen) atoms. The Hall–Kier alpha value is -0.720. The molecule has 0 amide bonds. The first-order valence-electron chi connectivity index (χ1n) is 2.20. The Balaban J connectivity index is 2.92. The largest absolute Gasteiger partial charge is 0.505 e. The van der Waals surface area contributed by atoms with E-state index in [1.165, 1.54) is 0 Å². The second-order valence-electron chi connectivity index (χ2n) is 1.13. The van der Waals surface area contributed by atoms with Crippen LogP contribution in [0.1, 0.15) is 6.42 Å². The molecule has 40 valence electrons. The van der Waals surface area contributed by atoms with Gasteiger partial charge in [-0.3, -0.25) is 0 Å². The van der Waals surface area contributed by atoms with Crippen molar-refractivity contribution in [3.05, 3.63) is 25.0 Å². The molecule has 0 saturated carbocycles. The molecular formula is C6H10O. The van der Waals surface area contributed by atoms with E-state index in [1.807, 2.05) is 12.2 Å². The Morgan fingerprint density at radius 3 is 2.86 bits per heavy atom. The number of hydrogen-bond acceptors (Lipinski definition) is 1. The van der Waals surface area contributed by atoms with Gasteiger partial charge < -0.3 is 4.74 Å². The van der Waals surface area contributed by atoms with E-state index in [9.17, 15) is 0 Å². The van der Waals surface area contributed by atoms with E-state index in [-0.39, 0.29) is 0 Å². The molecule has 0 fully saturated rings. The quantitative estimate of drug-likeness (QED) is 0.386. The Bertz CT molecular complexity index is 64.6. The number of ether oxygens (including phenoxy) is 1. The van der Waals surface area contributed by atoms with E-state index in [0.717, 1.165) is 6.42 Å². The SMILES string of the molecule is C=CCC=COC. The molecule has 0 aromatic carbocycles. The first-order chi connectivity index (χ1) is 3.41. The third-order valence-corrected chi connectivity index (χ3v) is 0.535. The first kappa shape index (κ1) is 6.28. The van der Waals surface area contributed by atoms with Crippen molar-refractivity contribution in [1.82, 2.24) is 0 Å². The molecule has 0 atom stereocenters. The maximum Gasteiger partial charge on any atom is 0.0787 e. The average molecular weight is 98.1 g/mol. The number of rotatable bonds is 3. The summed E-state index contributed by atoms with van der Waals surface area (Å²) in [6, 6.07) is 0. The van der Waals surface area contributed by atoms with Crippen LogP contribution >= 0.6 is 0 Å². The first-order valence-corrected chi connectivity index (χ1v) is 2.20. The van der Waals surface area contributed by atoms with Gasteiger partial charge >= 0.3 is 0 Å². The molecule has 0 aromatic rings. The van der Waals surface area contributed by atoms with Gasteiger partial charge in [0.1, 0.15) is 0 Å². The second-order valence-corrected chi connectivity index (χ2v) is 1.13. The summed E-state index contributed by atoms with van der Waals surface area (Å²) in [7, 11) is 1.62. The molecule has 0 aliphatic heterocycles. The monoisotopic (exact) mass is 98.1 g/mol. The van der Waals surface area contributed by atoms with E-state index < -0.39 is 0 Å². The van der Waals surface area contributed by atoms with Gasteiger partial charge in [-0.1, -0.05) is 6.08 Å². The molecule has 0 aliphatic rings. The lowest BCUT2D eigenvalue weighted by molar-refractivity contribution is 0.337. The number of allylic oxidation sites excluding steroid dienone is 2. The van der Waals surface area contributed by atoms with E-state index in [1.54, 1.807) is 13.4 Å². The minimum Gasteiger partial charge on any atom is -0.505 e. The van der Waals surface area contributed by atoms with Crippen molar-refractivity contribution in [2.75, 3.05) is 7.11 Å². The highest BCUT2D eigenvalue weighted by Crippen LogP contribution is 1.80. The summed E-state index contributed by atoms with van der Waals surface area (Å²) in [5.41, 5.74) is 0. The Morgan fingerprint density at radius 1 is 1.71 bits per heavy atom. The Morgan fingerprint density at radius 2 is 2.43 bits per heavy atom. The third-order valence-electron chi connectivity index (χ3n) is 0.535. The summed E-state index contributed by atoms with van der Waals surface area (Å²) in [6.07, 6.45) is 6.23. The van der Waals surface area contributed by atoms with Gasteiger partial charge in [0.05, 0.1) is 13.4 Å². The van der Waals surface area contributed by atoms with Crippen LogP contribution in [0.15, 0.2) is 25.0 Å². The number of hydrogen-bond donors (Lipinski definition) is 0. The Labute approximate surface area is 44.3 Å². The van der Waals surface area contributed by atoms with Crippen LogP contribution in [-0.4, -0.2) is 7.11 Å². The van der Waals surface area contributed by atoms with Gasteiger partial charge in [-0.2, -0.15) is 0 Å². The maximum absolute atomic E-state index is 4.62. The molecule has 0 aromatic heterocycles. The van der Waals surface area contributed by atoms with Crippen LogP contribution < -0.4 is 0 Å². The van der Waals surface area contributed by atoms with Crippen molar-refractivity contribution >= 4 is 0 Å². The third kappa shape index (κ3) is 5.28. The van der Waals surface area contributed by atoms with Gasteiger partial charge in [0.25, 0.3) is 0 Å². The molecule has 0 aliphatic carbocycles. The highest BCUT2D eigenvalue weighted by Gasteiger charge is 1.62. The minimum atomic E-state index is 0.883. The molecule has 0 spiro atoms. The summed E-state index contributed by atoms with van der Waals surface area (Å²) in [5, 5.41) is 0. The van der Waals surface area contributed by atoms with Crippen LogP contribution in [0, 0.1) is 0 Å². The van der Waals surface area contributed by atoms with Crippen molar-refractivity contribution < 1.29 is 4.74 Å². The highest BCUT2D eigenvalue weighted by molar-refractivity contribution is 4.82. The molecule has 1 nitrogen and oxygen atoms in total. The average Bonchev–Trinajstić information content (AvgIpc) is 1.69. The molecule has 0 saturated heterocycles. The zero-order valence-electron chi connectivity index (χ0n) is 4.55. The van der Waals surface area contributed by atoms with E-state index in [4.69, 9.17) is 0 Å². The fourth-order valence-corrected chi connectivity index (χ4v) is 0.248. The molecule has 0 heterocycles. The summed E-state index contributed by atoms with van der Waals surface area (Å²) >= 11 is 0. The van der Waals surface area contributed by atoms with Gasteiger partial charge in [-0.25, -0.2) is 0 Å². The summed E-state index contributed by atoms with van der Waals surface area (Å²) in [5.74, 6) is 0. The number of methoxy groups -OCH3 is 1. The minimum absolute atomic E-state index is 0.883. The van der Waals surface area contributed by atoms with Gasteiger partial charge in [-0.05, 0) is 12.5 Å². The molecular weight excluding hydrogens is 88.1 g/mol. The fraction of sp³-hybridized carbons (Fsp3) is 0.333. The van der Waals surface area contributed by atoms with Crippen molar-refractivity contribution in [2.24, 2.45) is 0 Å². The van der Waals surface area contributed by atoms with Crippen LogP contribution in [0.5, 0.6) is 0 Å². The lowest BCUT2D eigenvalue weighted by Gasteiger charge is -1.81. The topological polar surface area (TPSA) is 9.23 Å². The summed E-state index contributed by atoms with van der Waals surface area (Å²) in [6.45, 7) is 3.53. The van der Waals surface area contributed by atoms with E-state index in [2.05, 4.69) is 11.3 Å². The van der Waals surface area contributed by atoms with Crippen LogP contribution in [0.2, 0.25) is 0 Å². The predicted octanol–water partition coefficient (Wildman–Crippen LogP) is 1.72. The lowest BCUT2D eigenvalue weighted by Crippen LogP contribution is -1.62. The van der Waals surface area contributed by atoms with Crippen LogP contribution in [0.3, 0.4) is 0 Å². The van der Waals surface area contributed by atoms with Gasteiger partial charge in [-0.15, -0.1) is 6.58 Å². The van der Waals surface area contributed by atoms with Gasteiger partial charge in [0.2, 0.25) is 0 Å². The Kier molecular flexibility index (Phi) is 4.74. The predicted molar refractivity (Wildman–Crippen MR) is 31.0 cm³/mol. The smallest absolute Gasteiger partial charge is 0.0787 e. The van der Waals surface area contributed by atoms with Crippen LogP contribution in [0.4, 0.5) is 0 Å². The van der Waals surface area contributed by atoms with Gasteiger partial charge in [0, 0.05) is 0 Å². The zero-order valence-corrected chi connectivity index (χ0v) is 4.55. The fourth-order valence-electron chi connectivity index (χ4n) is 0.248. The van der Waals surface area contributed by atoms with Crippen molar-refractivity contribution in [3.63, 3.8) is 0 Å². The van der Waals surface area contributed by atoms with Crippen LogP contribution in [0.25, 0.3) is 0 Å². The zero-order chi connectivity index (χ0) is 5.54. The lowest BCUT2D eigenvalue weighted by atomic mass is 10.4.